The zero-order valence-corrected chi connectivity index (χ0v) is 13.0. The maximum atomic E-state index is 5.41. The summed E-state index contributed by atoms with van der Waals surface area (Å²) >= 11 is 0. The van der Waals surface area contributed by atoms with Gasteiger partial charge in [-0.15, -0.1) is 0 Å². The van der Waals surface area contributed by atoms with Crippen molar-refractivity contribution < 1.29 is 9.47 Å². The lowest BCUT2D eigenvalue weighted by molar-refractivity contribution is 0.0335. The summed E-state index contributed by atoms with van der Waals surface area (Å²) in [6.07, 6.45) is 2.29. The predicted molar refractivity (Wildman–Crippen MR) is 84.1 cm³/mol. The second-order valence-corrected chi connectivity index (χ2v) is 5.93. The molecule has 21 heavy (non-hydrogen) atoms. The summed E-state index contributed by atoms with van der Waals surface area (Å²) in [6, 6.07) is 6.53. The Kier molecular flexibility index (Phi) is 5.12. The van der Waals surface area contributed by atoms with Crippen molar-refractivity contribution in [3.05, 3.63) is 29.3 Å². The van der Waals surface area contributed by atoms with Crippen LogP contribution in [0.5, 0.6) is 5.75 Å². The van der Waals surface area contributed by atoms with Gasteiger partial charge in [0.2, 0.25) is 0 Å². The molecule has 0 spiro atoms. The molecule has 0 aromatic heterocycles. The molecule has 1 aromatic rings. The van der Waals surface area contributed by atoms with Gasteiger partial charge in [-0.05, 0) is 36.1 Å². The Morgan fingerprint density at radius 3 is 2.33 bits per heavy atom. The number of hydrogen-bond donors (Lipinski definition) is 0. The Hall–Kier alpha value is -1.10. The van der Waals surface area contributed by atoms with Crippen molar-refractivity contribution in [2.75, 3.05) is 59.6 Å². The Labute approximate surface area is 127 Å². The number of benzene rings is 1. The van der Waals surface area contributed by atoms with Gasteiger partial charge in [0.05, 0.1) is 20.3 Å². The van der Waals surface area contributed by atoms with Gasteiger partial charge in [0.1, 0.15) is 5.75 Å². The number of ether oxygens (including phenoxy) is 2. The topological polar surface area (TPSA) is 24.9 Å². The standard InChI is InChI=1S/C17H26N2O2/c1-20-17-3-2-15-4-6-18(7-5-16(15)14-17)8-9-19-10-12-21-13-11-19/h2-3,14H,4-13H2,1H3. The molecule has 4 heteroatoms. The van der Waals surface area contributed by atoms with Crippen molar-refractivity contribution in [2.24, 2.45) is 0 Å². The molecule has 1 fully saturated rings. The second-order valence-electron chi connectivity index (χ2n) is 5.93. The van der Waals surface area contributed by atoms with Crippen LogP contribution in [0.3, 0.4) is 0 Å². The van der Waals surface area contributed by atoms with E-state index < -0.39 is 0 Å². The number of nitrogens with zero attached hydrogens (tertiary/aromatic N) is 2. The van der Waals surface area contributed by atoms with E-state index in [0.29, 0.717) is 0 Å². The molecule has 3 rings (SSSR count). The maximum Gasteiger partial charge on any atom is 0.119 e. The highest BCUT2D eigenvalue weighted by molar-refractivity contribution is 5.36. The van der Waals surface area contributed by atoms with Gasteiger partial charge in [0, 0.05) is 39.3 Å². The van der Waals surface area contributed by atoms with Gasteiger partial charge < -0.3 is 14.4 Å². The van der Waals surface area contributed by atoms with E-state index in [-0.39, 0.29) is 0 Å². The smallest absolute Gasteiger partial charge is 0.119 e. The minimum Gasteiger partial charge on any atom is -0.497 e. The summed E-state index contributed by atoms with van der Waals surface area (Å²) in [7, 11) is 1.74. The summed E-state index contributed by atoms with van der Waals surface area (Å²) in [5.41, 5.74) is 2.95. The van der Waals surface area contributed by atoms with Crippen LogP contribution in [0.15, 0.2) is 18.2 Å². The molecular weight excluding hydrogens is 264 g/mol. The summed E-state index contributed by atoms with van der Waals surface area (Å²) in [4.78, 5) is 5.12. The molecule has 2 heterocycles. The van der Waals surface area contributed by atoms with Crippen molar-refractivity contribution in [3.63, 3.8) is 0 Å². The first-order valence-electron chi connectivity index (χ1n) is 8.03. The number of fused-ring (bicyclic) bond motifs is 1. The normalized spacial score (nSPS) is 20.8. The van der Waals surface area contributed by atoms with Crippen LogP contribution < -0.4 is 4.74 Å². The third-order valence-corrected chi connectivity index (χ3v) is 4.64. The Balaban J connectivity index is 1.52. The fraction of sp³-hybridized carbons (Fsp3) is 0.647. The molecule has 116 valence electrons. The average molecular weight is 290 g/mol. The molecule has 0 aliphatic carbocycles. The van der Waals surface area contributed by atoms with E-state index in [1.165, 1.54) is 30.8 Å². The van der Waals surface area contributed by atoms with E-state index in [1.54, 1.807) is 7.11 Å². The molecule has 0 unspecified atom stereocenters. The maximum absolute atomic E-state index is 5.41. The van der Waals surface area contributed by atoms with Crippen molar-refractivity contribution in [2.45, 2.75) is 12.8 Å². The third-order valence-electron chi connectivity index (χ3n) is 4.64. The predicted octanol–water partition coefficient (Wildman–Crippen LogP) is 1.43. The molecule has 0 radical (unpaired) electrons. The van der Waals surface area contributed by atoms with Gasteiger partial charge in [-0.2, -0.15) is 0 Å². The van der Waals surface area contributed by atoms with E-state index in [1.807, 2.05) is 0 Å². The molecule has 0 bridgehead atoms. The van der Waals surface area contributed by atoms with Crippen LogP contribution in [-0.2, 0) is 17.6 Å². The highest BCUT2D eigenvalue weighted by Gasteiger charge is 2.16. The Morgan fingerprint density at radius 2 is 1.62 bits per heavy atom. The average Bonchev–Trinajstić information content (AvgIpc) is 2.75. The van der Waals surface area contributed by atoms with E-state index in [9.17, 15) is 0 Å². The summed E-state index contributed by atoms with van der Waals surface area (Å²) in [5, 5.41) is 0. The van der Waals surface area contributed by atoms with E-state index in [0.717, 1.165) is 51.4 Å². The third kappa shape index (κ3) is 3.96. The van der Waals surface area contributed by atoms with Crippen LogP contribution >= 0.6 is 0 Å². The zero-order chi connectivity index (χ0) is 14.5. The van der Waals surface area contributed by atoms with E-state index >= 15 is 0 Å². The first kappa shape index (κ1) is 14.8. The molecule has 1 saturated heterocycles. The van der Waals surface area contributed by atoms with Crippen LogP contribution in [0.2, 0.25) is 0 Å². The van der Waals surface area contributed by atoms with Gasteiger partial charge in [-0.1, -0.05) is 6.07 Å². The van der Waals surface area contributed by atoms with Crippen molar-refractivity contribution in [1.29, 1.82) is 0 Å². The van der Waals surface area contributed by atoms with E-state index in [2.05, 4.69) is 28.0 Å². The minimum absolute atomic E-state index is 0.894. The largest absolute Gasteiger partial charge is 0.497 e. The lowest BCUT2D eigenvalue weighted by Crippen LogP contribution is -2.42. The van der Waals surface area contributed by atoms with Crippen LogP contribution in [0.25, 0.3) is 0 Å². The lowest BCUT2D eigenvalue weighted by Gasteiger charge is -2.29. The van der Waals surface area contributed by atoms with Crippen LogP contribution in [0, 0.1) is 0 Å². The summed E-state index contributed by atoms with van der Waals surface area (Å²) in [6.45, 7) is 8.63. The molecule has 1 aromatic carbocycles. The summed E-state index contributed by atoms with van der Waals surface area (Å²) in [5.74, 6) is 0.982. The number of morpholine rings is 1. The molecule has 0 amide bonds. The fourth-order valence-electron chi connectivity index (χ4n) is 3.21. The van der Waals surface area contributed by atoms with Gasteiger partial charge in [-0.3, -0.25) is 4.90 Å². The quantitative estimate of drug-likeness (QED) is 0.837. The second kappa shape index (κ2) is 7.25. The van der Waals surface area contributed by atoms with Gasteiger partial charge in [0.15, 0.2) is 0 Å². The monoisotopic (exact) mass is 290 g/mol. The molecule has 4 nitrogen and oxygen atoms in total. The molecule has 0 N–H and O–H groups in total. The van der Waals surface area contributed by atoms with Gasteiger partial charge in [-0.25, -0.2) is 0 Å². The summed E-state index contributed by atoms with van der Waals surface area (Å²) < 4.78 is 10.8. The number of methoxy groups -OCH3 is 1. The van der Waals surface area contributed by atoms with Crippen molar-refractivity contribution >= 4 is 0 Å². The van der Waals surface area contributed by atoms with Crippen molar-refractivity contribution in [1.82, 2.24) is 9.80 Å². The van der Waals surface area contributed by atoms with Crippen LogP contribution in [0.1, 0.15) is 11.1 Å². The van der Waals surface area contributed by atoms with Crippen molar-refractivity contribution in [3.8, 4) is 5.75 Å². The van der Waals surface area contributed by atoms with Gasteiger partial charge >= 0.3 is 0 Å². The zero-order valence-electron chi connectivity index (χ0n) is 13.0. The highest BCUT2D eigenvalue weighted by Crippen LogP contribution is 2.21. The van der Waals surface area contributed by atoms with Crippen LogP contribution in [0.4, 0.5) is 0 Å². The molecular formula is C17H26N2O2. The lowest BCUT2D eigenvalue weighted by atomic mass is 10.0. The fourth-order valence-corrected chi connectivity index (χ4v) is 3.21. The first-order chi connectivity index (χ1) is 10.3. The van der Waals surface area contributed by atoms with Crippen LogP contribution in [-0.4, -0.2) is 69.4 Å². The number of hydrogen-bond acceptors (Lipinski definition) is 4. The molecule has 0 atom stereocenters. The first-order valence-corrected chi connectivity index (χ1v) is 8.03. The Bertz CT molecular complexity index is 458. The molecule has 0 saturated carbocycles. The molecule has 2 aliphatic heterocycles. The van der Waals surface area contributed by atoms with E-state index in [4.69, 9.17) is 9.47 Å². The number of rotatable bonds is 4. The minimum atomic E-state index is 0.894. The Morgan fingerprint density at radius 1 is 0.952 bits per heavy atom. The SMILES string of the molecule is COc1ccc2c(c1)CCN(CCN1CCOCC1)CC2. The molecule has 2 aliphatic rings. The highest BCUT2D eigenvalue weighted by atomic mass is 16.5. The van der Waals surface area contributed by atoms with Gasteiger partial charge in [0.25, 0.3) is 0 Å².